The Labute approximate surface area is 91.7 Å². The normalized spacial score (nSPS) is 19.6. The van der Waals surface area contributed by atoms with Crippen molar-refractivity contribution in [3.63, 3.8) is 0 Å². The number of hydrogen-bond acceptors (Lipinski definition) is 4. The molecule has 1 aliphatic heterocycles. The van der Waals surface area contributed by atoms with Gasteiger partial charge in [0.1, 0.15) is 0 Å². The van der Waals surface area contributed by atoms with Crippen molar-refractivity contribution in [1.29, 1.82) is 0 Å². The first kappa shape index (κ1) is 10.6. The summed E-state index contributed by atoms with van der Waals surface area (Å²) in [6.45, 7) is 2.31. The number of benzene rings is 1. The molecule has 0 aliphatic carbocycles. The van der Waals surface area contributed by atoms with Gasteiger partial charge in [-0.2, -0.15) is 4.21 Å². The highest BCUT2D eigenvalue weighted by Gasteiger charge is 2.12. The molecule has 0 bridgehead atoms. The molecule has 0 amide bonds. The standard InChI is InChI=1S/C10H13NO3S/c12-15-13-8-6-11(7-9-14-15)10-4-2-1-3-5-10/h1-5H,6-9H2. The minimum absolute atomic E-state index is 0.418. The Morgan fingerprint density at radius 1 is 1.07 bits per heavy atom. The van der Waals surface area contributed by atoms with E-state index in [0.717, 1.165) is 18.8 Å². The average molecular weight is 227 g/mol. The third kappa shape index (κ3) is 3.02. The van der Waals surface area contributed by atoms with E-state index in [1.807, 2.05) is 30.3 Å². The van der Waals surface area contributed by atoms with E-state index < -0.39 is 11.4 Å². The van der Waals surface area contributed by atoms with Gasteiger partial charge in [-0.15, -0.1) is 0 Å². The van der Waals surface area contributed by atoms with Gasteiger partial charge in [0.25, 0.3) is 0 Å². The van der Waals surface area contributed by atoms with Gasteiger partial charge in [-0.25, -0.2) is 0 Å². The van der Waals surface area contributed by atoms with E-state index in [1.165, 1.54) is 0 Å². The van der Waals surface area contributed by atoms with Crippen LogP contribution in [0.1, 0.15) is 0 Å². The monoisotopic (exact) mass is 227 g/mol. The molecule has 0 unspecified atom stereocenters. The van der Waals surface area contributed by atoms with Gasteiger partial charge in [-0.1, -0.05) is 18.2 Å². The Bertz CT molecular complexity index is 319. The summed E-state index contributed by atoms with van der Waals surface area (Å²) in [5.74, 6) is 0. The van der Waals surface area contributed by atoms with Gasteiger partial charge in [0, 0.05) is 18.8 Å². The number of hydrogen-bond donors (Lipinski definition) is 0. The molecule has 1 fully saturated rings. The second-order valence-corrected chi connectivity index (χ2v) is 4.05. The summed E-state index contributed by atoms with van der Waals surface area (Å²) in [5, 5.41) is 0. The van der Waals surface area contributed by atoms with E-state index in [4.69, 9.17) is 8.37 Å². The lowest BCUT2D eigenvalue weighted by atomic mass is 10.3. The fraction of sp³-hybridized carbons (Fsp3) is 0.400. The smallest absolute Gasteiger partial charge is 0.304 e. The molecule has 0 atom stereocenters. The predicted octanol–water partition coefficient (Wildman–Crippen LogP) is 1.12. The molecule has 5 heteroatoms. The lowest BCUT2D eigenvalue weighted by Crippen LogP contribution is -2.33. The lowest BCUT2D eigenvalue weighted by molar-refractivity contribution is 0.239. The SMILES string of the molecule is O=S1OCCN(c2ccccc2)CCO1. The molecule has 0 radical (unpaired) electrons. The summed E-state index contributed by atoms with van der Waals surface area (Å²) < 4.78 is 20.8. The molecule has 1 aromatic carbocycles. The Kier molecular flexibility index (Phi) is 3.71. The fourth-order valence-corrected chi connectivity index (χ4v) is 1.96. The minimum Gasteiger partial charge on any atom is -0.367 e. The highest BCUT2D eigenvalue weighted by Crippen LogP contribution is 2.13. The molecule has 1 saturated heterocycles. The molecule has 0 N–H and O–H groups in total. The fourth-order valence-electron chi connectivity index (χ4n) is 1.47. The van der Waals surface area contributed by atoms with Crippen LogP contribution in [0.2, 0.25) is 0 Å². The molecule has 2 rings (SSSR count). The first-order valence-corrected chi connectivity index (χ1v) is 5.84. The first-order valence-electron chi connectivity index (χ1n) is 4.84. The van der Waals surface area contributed by atoms with Crippen LogP contribution in [0.4, 0.5) is 5.69 Å². The van der Waals surface area contributed by atoms with Gasteiger partial charge in [0.15, 0.2) is 0 Å². The van der Waals surface area contributed by atoms with Crippen LogP contribution in [0.5, 0.6) is 0 Å². The van der Waals surface area contributed by atoms with Crippen molar-refractivity contribution in [1.82, 2.24) is 0 Å². The van der Waals surface area contributed by atoms with Crippen LogP contribution in [-0.4, -0.2) is 30.5 Å². The van der Waals surface area contributed by atoms with Crippen LogP contribution >= 0.6 is 0 Å². The van der Waals surface area contributed by atoms with Crippen LogP contribution < -0.4 is 4.90 Å². The van der Waals surface area contributed by atoms with Crippen molar-refractivity contribution in [2.24, 2.45) is 0 Å². The second kappa shape index (κ2) is 5.25. The van der Waals surface area contributed by atoms with E-state index in [2.05, 4.69) is 4.90 Å². The molecule has 1 aromatic rings. The maximum atomic E-state index is 10.9. The van der Waals surface area contributed by atoms with Crippen molar-refractivity contribution in [3.05, 3.63) is 30.3 Å². The summed E-state index contributed by atoms with van der Waals surface area (Å²) in [6, 6.07) is 10.1. The Balaban J connectivity index is 2.01. The number of rotatable bonds is 1. The Morgan fingerprint density at radius 3 is 2.27 bits per heavy atom. The molecular weight excluding hydrogens is 214 g/mol. The van der Waals surface area contributed by atoms with E-state index in [9.17, 15) is 4.21 Å². The summed E-state index contributed by atoms with van der Waals surface area (Å²) >= 11 is -1.57. The van der Waals surface area contributed by atoms with Gasteiger partial charge in [0.2, 0.25) is 0 Å². The van der Waals surface area contributed by atoms with Crippen molar-refractivity contribution < 1.29 is 12.6 Å². The highest BCUT2D eigenvalue weighted by molar-refractivity contribution is 7.75. The molecule has 4 nitrogen and oxygen atoms in total. The number of nitrogens with zero attached hydrogens (tertiary/aromatic N) is 1. The van der Waals surface area contributed by atoms with E-state index in [-0.39, 0.29) is 0 Å². The van der Waals surface area contributed by atoms with E-state index >= 15 is 0 Å². The quantitative estimate of drug-likeness (QED) is 0.720. The predicted molar refractivity (Wildman–Crippen MR) is 58.7 cm³/mol. The van der Waals surface area contributed by atoms with Gasteiger partial charge in [-0.3, -0.25) is 8.37 Å². The lowest BCUT2D eigenvalue weighted by Gasteiger charge is -2.25. The first-order chi connectivity index (χ1) is 7.36. The zero-order chi connectivity index (χ0) is 10.5. The van der Waals surface area contributed by atoms with Gasteiger partial charge in [0.05, 0.1) is 13.2 Å². The third-order valence-corrected chi connectivity index (χ3v) is 2.92. The van der Waals surface area contributed by atoms with Gasteiger partial charge < -0.3 is 4.90 Å². The largest absolute Gasteiger partial charge is 0.367 e. The summed E-state index contributed by atoms with van der Waals surface area (Å²) in [4.78, 5) is 2.15. The minimum atomic E-state index is -1.57. The average Bonchev–Trinajstić information content (AvgIpc) is 2.24. The Hall–Kier alpha value is -0.910. The van der Waals surface area contributed by atoms with Crippen molar-refractivity contribution >= 4 is 17.0 Å². The van der Waals surface area contributed by atoms with Crippen LogP contribution in [0, 0.1) is 0 Å². The number of anilines is 1. The molecule has 0 saturated carbocycles. The third-order valence-electron chi connectivity index (χ3n) is 2.20. The highest BCUT2D eigenvalue weighted by atomic mass is 32.2. The maximum absolute atomic E-state index is 10.9. The molecule has 1 heterocycles. The van der Waals surface area contributed by atoms with Gasteiger partial charge in [-0.05, 0) is 12.1 Å². The Morgan fingerprint density at radius 2 is 1.67 bits per heavy atom. The molecule has 15 heavy (non-hydrogen) atoms. The van der Waals surface area contributed by atoms with Crippen LogP contribution in [-0.2, 0) is 19.7 Å². The zero-order valence-electron chi connectivity index (χ0n) is 8.30. The van der Waals surface area contributed by atoms with Crippen LogP contribution in [0.3, 0.4) is 0 Å². The molecule has 1 aliphatic rings. The summed E-state index contributed by atoms with van der Waals surface area (Å²) in [7, 11) is 0. The zero-order valence-corrected chi connectivity index (χ0v) is 9.11. The molecule has 0 spiro atoms. The number of para-hydroxylation sites is 1. The topological polar surface area (TPSA) is 38.8 Å². The van der Waals surface area contributed by atoms with Crippen LogP contribution in [0.15, 0.2) is 30.3 Å². The van der Waals surface area contributed by atoms with Crippen molar-refractivity contribution in [2.75, 3.05) is 31.2 Å². The summed E-state index contributed by atoms with van der Waals surface area (Å²) in [5.41, 5.74) is 1.14. The van der Waals surface area contributed by atoms with E-state index in [1.54, 1.807) is 0 Å². The van der Waals surface area contributed by atoms with Crippen molar-refractivity contribution in [3.8, 4) is 0 Å². The summed E-state index contributed by atoms with van der Waals surface area (Å²) in [6.07, 6.45) is 0. The second-order valence-electron chi connectivity index (χ2n) is 3.17. The molecule has 0 aromatic heterocycles. The molecular formula is C10H13NO3S. The maximum Gasteiger partial charge on any atom is 0.304 e. The van der Waals surface area contributed by atoms with Gasteiger partial charge >= 0.3 is 11.4 Å². The van der Waals surface area contributed by atoms with E-state index in [0.29, 0.717) is 13.2 Å². The van der Waals surface area contributed by atoms with Crippen LogP contribution in [0.25, 0.3) is 0 Å². The van der Waals surface area contributed by atoms with Crippen molar-refractivity contribution in [2.45, 2.75) is 0 Å². The molecule has 82 valence electrons.